The van der Waals surface area contributed by atoms with E-state index in [-0.39, 0.29) is 29.4 Å². The first-order valence-corrected chi connectivity index (χ1v) is 7.03. The molecule has 2 aliphatic carbocycles. The Balaban J connectivity index is 1.77. The van der Waals surface area contributed by atoms with Crippen LogP contribution in [0.15, 0.2) is 0 Å². The number of carbonyl (C=O) groups excluding carboxylic acids is 3. The van der Waals surface area contributed by atoms with Crippen molar-refractivity contribution in [3.63, 3.8) is 0 Å². The maximum absolute atomic E-state index is 12.1. The largest absolute Gasteiger partial charge is 0.299 e. The van der Waals surface area contributed by atoms with Crippen LogP contribution in [0.2, 0.25) is 0 Å². The summed E-state index contributed by atoms with van der Waals surface area (Å²) in [6.45, 7) is 0. The minimum atomic E-state index is -0.247. The van der Waals surface area contributed by atoms with E-state index in [1.54, 1.807) is 0 Å². The highest BCUT2D eigenvalue weighted by molar-refractivity contribution is 6.01. The van der Waals surface area contributed by atoms with Crippen LogP contribution in [-0.2, 0) is 14.4 Å². The molecule has 0 radical (unpaired) electrons. The van der Waals surface area contributed by atoms with Gasteiger partial charge in [0.15, 0.2) is 0 Å². The van der Waals surface area contributed by atoms with Crippen molar-refractivity contribution >= 4 is 17.6 Å². The Kier molecular flexibility index (Phi) is 2.96. The molecule has 0 aromatic rings. The molecule has 1 aliphatic heterocycles. The van der Waals surface area contributed by atoms with Gasteiger partial charge in [-0.05, 0) is 24.7 Å². The monoisotopic (exact) mass is 249 g/mol. The minimum absolute atomic E-state index is 0.108. The van der Waals surface area contributed by atoms with Gasteiger partial charge in [0.1, 0.15) is 5.78 Å². The summed E-state index contributed by atoms with van der Waals surface area (Å²) in [5.74, 6) is 0.535. The molecule has 1 N–H and O–H groups in total. The Morgan fingerprint density at radius 3 is 2.33 bits per heavy atom. The molecule has 3 unspecified atom stereocenters. The van der Waals surface area contributed by atoms with E-state index in [0.29, 0.717) is 31.1 Å². The smallest absolute Gasteiger partial charge is 0.230 e. The van der Waals surface area contributed by atoms with Crippen molar-refractivity contribution in [3.05, 3.63) is 0 Å². The number of carbonyl (C=O) groups is 3. The summed E-state index contributed by atoms with van der Waals surface area (Å²) < 4.78 is 0. The van der Waals surface area contributed by atoms with Gasteiger partial charge in [0, 0.05) is 24.7 Å². The van der Waals surface area contributed by atoms with E-state index >= 15 is 0 Å². The van der Waals surface area contributed by atoms with Crippen LogP contribution >= 0.6 is 0 Å². The highest BCUT2D eigenvalue weighted by Gasteiger charge is 2.48. The van der Waals surface area contributed by atoms with Crippen LogP contribution in [0.3, 0.4) is 0 Å². The maximum Gasteiger partial charge on any atom is 0.230 e. The van der Waals surface area contributed by atoms with Crippen LogP contribution in [0.4, 0.5) is 0 Å². The van der Waals surface area contributed by atoms with Crippen LogP contribution < -0.4 is 5.32 Å². The Bertz CT molecular complexity index is 400. The van der Waals surface area contributed by atoms with Crippen LogP contribution in [0.25, 0.3) is 0 Å². The quantitative estimate of drug-likeness (QED) is 0.753. The number of amides is 2. The number of Topliss-reactive ketones (excluding diaryl/α,β-unsaturated/α-hetero) is 1. The molecule has 2 saturated carbocycles. The molecule has 3 rings (SSSR count). The van der Waals surface area contributed by atoms with Crippen LogP contribution in [0, 0.1) is 23.7 Å². The number of nitrogens with one attached hydrogen (secondary N) is 1. The molecule has 0 bridgehead atoms. The molecule has 3 fully saturated rings. The second-order valence-electron chi connectivity index (χ2n) is 5.94. The first-order chi connectivity index (χ1) is 8.66. The zero-order valence-electron chi connectivity index (χ0n) is 10.5. The number of hydrogen-bond donors (Lipinski definition) is 1. The number of ketones is 1. The average Bonchev–Trinajstić information content (AvgIpc) is 2.59. The normalized spacial score (nSPS) is 37.6. The van der Waals surface area contributed by atoms with Crippen molar-refractivity contribution in [1.29, 1.82) is 0 Å². The zero-order valence-corrected chi connectivity index (χ0v) is 10.5. The van der Waals surface area contributed by atoms with E-state index in [9.17, 15) is 14.4 Å². The minimum Gasteiger partial charge on any atom is -0.299 e. The fourth-order valence-corrected chi connectivity index (χ4v) is 3.87. The van der Waals surface area contributed by atoms with Crippen molar-refractivity contribution in [2.24, 2.45) is 23.7 Å². The second kappa shape index (κ2) is 4.48. The van der Waals surface area contributed by atoms with Crippen LogP contribution in [0.5, 0.6) is 0 Å². The molecule has 2 amide bonds. The van der Waals surface area contributed by atoms with Crippen molar-refractivity contribution < 1.29 is 14.4 Å². The van der Waals surface area contributed by atoms with Crippen molar-refractivity contribution in [2.75, 3.05) is 0 Å². The lowest BCUT2D eigenvalue weighted by atomic mass is 9.67. The summed E-state index contributed by atoms with van der Waals surface area (Å²) >= 11 is 0. The molecule has 0 spiro atoms. The summed E-state index contributed by atoms with van der Waals surface area (Å²) in [7, 11) is 0. The lowest BCUT2D eigenvalue weighted by molar-refractivity contribution is -0.142. The molecular weight excluding hydrogens is 230 g/mol. The highest BCUT2D eigenvalue weighted by Crippen LogP contribution is 2.47. The van der Waals surface area contributed by atoms with Gasteiger partial charge in [-0.2, -0.15) is 0 Å². The SMILES string of the molecule is O=C1CCC(C2C(=O)CCC2C2CCC2)C(=O)N1. The first-order valence-electron chi connectivity index (χ1n) is 7.03. The Hall–Kier alpha value is -1.19. The molecule has 3 aliphatic rings. The summed E-state index contributed by atoms with van der Waals surface area (Å²) in [5, 5.41) is 2.39. The molecule has 0 aromatic heterocycles. The fourth-order valence-electron chi connectivity index (χ4n) is 3.87. The number of rotatable bonds is 2. The van der Waals surface area contributed by atoms with Crippen LogP contribution in [0.1, 0.15) is 44.9 Å². The number of hydrogen-bond acceptors (Lipinski definition) is 3. The molecule has 18 heavy (non-hydrogen) atoms. The summed E-state index contributed by atoms with van der Waals surface area (Å²) in [6, 6.07) is 0. The van der Waals surface area contributed by atoms with E-state index in [0.717, 1.165) is 6.42 Å². The lowest BCUT2D eigenvalue weighted by Gasteiger charge is -2.37. The topological polar surface area (TPSA) is 63.2 Å². The zero-order chi connectivity index (χ0) is 12.7. The van der Waals surface area contributed by atoms with Gasteiger partial charge in [-0.3, -0.25) is 19.7 Å². The van der Waals surface area contributed by atoms with Crippen molar-refractivity contribution in [1.82, 2.24) is 5.32 Å². The summed E-state index contributed by atoms with van der Waals surface area (Å²) in [6.07, 6.45) is 6.21. The number of piperidine rings is 1. The van der Waals surface area contributed by atoms with E-state index in [1.165, 1.54) is 19.3 Å². The molecule has 98 valence electrons. The highest BCUT2D eigenvalue weighted by atomic mass is 16.2. The Labute approximate surface area is 107 Å². The molecule has 4 nitrogen and oxygen atoms in total. The van der Waals surface area contributed by atoms with E-state index in [1.807, 2.05) is 0 Å². The third-order valence-electron chi connectivity index (χ3n) is 5.03. The molecule has 0 aromatic carbocycles. The molecule has 1 saturated heterocycles. The van der Waals surface area contributed by atoms with Gasteiger partial charge in [0.2, 0.25) is 11.8 Å². The Morgan fingerprint density at radius 1 is 0.944 bits per heavy atom. The third kappa shape index (κ3) is 1.88. The maximum atomic E-state index is 12.1. The van der Waals surface area contributed by atoms with Gasteiger partial charge in [0.25, 0.3) is 0 Å². The van der Waals surface area contributed by atoms with Gasteiger partial charge < -0.3 is 0 Å². The summed E-state index contributed by atoms with van der Waals surface area (Å²) in [4.78, 5) is 35.2. The second-order valence-corrected chi connectivity index (χ2v) is 5.94. The van der Waals surface area contributed by atoms with E-state index in [4.69, 9.17) is 0 Å². The third-order valence-corrected chi connectivity index (χ3v) is 5.03. The first kappa shape index (κ1) is 11.9. The van der Waals surface area contributed by atoms with E-state index < -0.39 is 0 Å². The molecule has 4 heteroatoms. The number of imide groups is 1. The standard InChI is InChI=1S/C14H19NO3/c16-11-6-4-9(8-2-1-3-8)13(11)10-5-7-12(17)15-14(10)18/h8-10,13H,1-7H2,(H,15,17,18). The molecular formula is C14H19NO3. The predicted octanol–water partition coefficient (Wildman–Crippen LogP) is 1.43. The predicted molar refractivity (Wildman–Crippen MR) is 64.4 cm³/mol. The molecule has 3 atom stereocenters. The van der Waals surface area contributed by atoms with Gasteiger partial charge >= 0.3 is 0 Å². The lowest BCUT2D eigenvalue weighted by Crippen LogP contribution is -2.46. The summed E-state index contributed by atoms with van der Waals surface area (Å²) in [5.41, 5.74) is 0. The fraction of sp³-hybridized carbons (Fsp3) is 0.786. The van der Waals surface area contributed by atoms with Gasteiger partial charge in [-0.25, -0.2) is 0 Å². The van der Waals surface area contributed by atoms with Crippen molar-refractivity contribution in [2.45, 2.75) is 44.9 Å². The average molecular weight is 249 g/mol. The Morgan fingerprint density at radius 2 is 1.72 bits per heavy atom. The van der Waals surface area contributed by atoms with E-state index in [2.05, 4.69) is 5.32 Å². The van der Waals surface area contributed by atoms with Gasteiger partial charge in [0.05, 0.1) is 0 Å². The van der Waals surface area contributed by atoms with Gasteiger partial charge in [-0.15, -0.1) is 0 Å². The van der Waals surface area contributed by atoms with Crippen LogP contribution in [-0.4, -0.2) is 17.6 Å². The van der Waals surface area contributed by atoms with Crippen molar-refractivity contribution in [3.8, 4) is 0 Å². The van der Waals surface area contributed by atoms with Gasteiger partial charge in [-0.1, -0.05) is 19.3 Å². The molecule has 1 heterocycles.